The van der Waals surface area contributed by atoms with Crippen molar-refractivity contribution in [3.63, 3.8) is 0 Å². The number of aliphatic hydroxyl groups is 1. The molecule has 19 heteroatoms. The summed E-state index contributed by atoms with van der Waals surface area (Å²) in [6, 6.07) is 0. The Kier molecular flexibility index (Phi) is 72.2. The molecule has 0 saturated heterocycles. The Bertz CT molecular complexity index is 1940. The second kappa shape index (κ2) is 73.6. The van der Waals surface area contributed by atoms with Crippen molar-refractivity contribution in [2.75, 3.05) is 39.6 Å². The minimum atomic E-state index is -4.96. The fraction of sp³-hybridized carbons (Fsp3) is 0.951. The topological polar surface area (TPSA) is 237 Å². The van der Waals surface area contributed by atoms with Crippen LogP contribution in [0.4, 0.5) is 0 Å². The number of phosphoric ester groups is 2. The quantitative estimate of drug-likeness (QED) is 0.0222. The highest BCUT2D eigenvalue weighted by Gasteiger charge is 2.30. The third-order valence-corrected chi connectivity index (χ3v) is 21.1. The van der Waals surface area contributed by atoms with Gasteiger partial charge in [-0.15, -0.1) is 0 Å². The van der Waals surface area contributed by atoms with Crippen molar-refractivity contribution >= 4 is 39.5 Å². The van der Waals surface area contributed by atoms with Crippen LogP contribution in [0.15, 0.2) is 0 Å². The Labute approximate surface area is 619 Å². The monoisotopic (exact) mass is 1480 g/mol. The zero-order chi connectivity index (χ0) is 74.2. The van der Waals surface area contributed by atoms with E-state index in [2.05, 4.69) is 41.5 Å². The fourth-order valence-corrected chi connectivity index (χ4v) is 14.3. The summed E-state index contributed by atoms with van der Waals surface area (Å²) in [5, 5.41) is 10.6. The van der Waals surface area contributed by atoms with Crippen LogP contribution in [0.25, 0.3) is 0 Å². The second-order valence-electron chi connectivity index (χ2n) is 30.5. The number of hydrogen-bond donors (Lipinski definition) is 3. The average Bonchev–Trinajstić information content (AvgIpc) is 0.991. The number of ether oxygens (including phenoxy) is 4. The summed E-state index contributed by atoms with van der Waals surface area (Å²) in [5.41, 5.74) is 0. The van der Waals surface area contributed by atoms with Crippen molar-refractivity contribution in [2.24, 2.45) is 11.8 Å². The van der Waals surface area contributed by atoms with Crippen LogP contribution >= 0.6 is 15.6 Å². The van der Waals surface area contributed by atoms with E-state index < -0.39 is 97.5 Å². The molecule has 0 heterocycles. The van der Waals surface area contributed by atoms with Crippen LogP contribution in [0.3, 0.4) is 0 Å². The minimum absolute atomic E-state index is 0.108. The van der Waals surface area contributed by atoms with Gasteiger partial charge in [-0.05, 0) is 37.5 Å². The maximum Gasteiger partial charge on any atom is 0.472 e. The molecule has 0 amide bonds. The Morgan fingerprint density at radius 1 is 0.267 bits per heavy atom. The SMILES string of the molecule is CCCCCCCCCCCCCCCCCC(=O)O[C@H](COC(=O)CCCCCCCCCC)COP(=O)(O)OC[C@H](O)COP(=O)(O)OC[C@@H](COC(=O)CCCCCCCCCCCCCCCCC(C)C)OC(=O)CCCCCCCCCCCCCCCCCCCCC(C)C. The maximum atomic E-state index is 13.1. The van der Waals surface area contributed by atoms with Crippen molar-refractivity contribution in [1.29, 1.82) is 0 Å². The first-order valence-electron chi connectivity index (χ1n) is 42.5. The number of rotatable bonds is 81. The van der Waals surface area contributed by atoms with Crippen LogP contribution in [0.2, 0.25) is 0 Å². The third-order valence-electron chi connectivity index (χ3n) is 19.2. The molecule has 0 radical (unpaired) electrons. The fourth-order valence-electron chi connectivity index (χ4n) is 12.7. The summed E-state index contributed by atoms with van der Waals surface area (Å²) in [6.07, 6.45) is 63.9. The molecule has 0 aromatic heterocycles. The first kappa shape index (κ1) is 99.1. The summed E-state index contributed by atoms with van der Waals surface area (Å²) >= 11 is 0. The van der Waals surface area contributed by atoms with Crippen molar-refractivity contribution < 1.29 is 80.2 Å². The van der Waals surface area contributed by atoms with Gasteiger partial charge in [0.05, 0.1) is 26.4 Å². The van der Waals surface area contributed by atoms with Gasteiger partial charge in [0.2, 0.25) is 0 Å². The molecule has 600 valence electrons. The highest BCUT2D eigenvalue weighted by molar-refractivity contribution is 7.47. The van der Waals surface area contributed by atoms with Crippen molar-refractivity contribution in [3.8, 4) is 0 Å². The minimum Gasteiger partial charge on any atom is -0.462 e. The molecule has 0 aliphatic heterocycles. The summed E-state index contributed by atoms with van der Waals surface area (Å²) in [7, 11) is -9.92. The van der Waals surface area contributed by atoms with E-state index >= 15 is 0 Å². The van der Waals surface area contributed by atoms with Crippen LogP contribution in [0.5, 0.6) is 0 Å². The van der Waals surface area contributed by atoms with Crippen LogP contribution in [0, 0.1) is 11.8 Å². The Morgan fingerprint density at radius 2 is 0.455 bits per heavy atom. The van der Waals surface area contributed by atoms with Crippen molar-refractivity contribution in [2.45, 2.75) is 452 Å². The maximum absolute atomic E-state index is 13.1. The lowest BCUT2D eigenvalue weighted by Gasteiger charge is -2.21. The summed E-state index contributed by atoms with van der Waals surface area (Å²) in [5.74, 6) is -0.489. The van der Waals surface area contributed by atoms with Gasteiger partial charge in [-0.3, -0.25) is 37.3 Å². The number of phosphoric acid groups is 2. The predicted molar refractivity (Wildman–Crippen MR) is 414 cm³/mol. The molecule has 0 fully saturated rings. The van der Waals surface area contributed by atoms with E-state index in [1.807, 2.05) is 0 Å². The predicted octanol–water partition coefficient (Wildman–Crippen LogP) is 24.7. The number of esters is 4. The van der Waals surface area contributed by atoms with Gasteiger partial charge >= 0.3 is 39.5 Å². The smallest absolute Gasteiger partial charge is 0.462 e. The van der Waals surface area contributed by atoms with E-state index in [-0.39, 0.29) is 25.7 Å². The highest BCUT2D eigenvalue weighted by atomic mass is 31.2. The van der Waals surface area contributed by atoms with E-state index in [9.17, 15) is 43.2 Å². The third kappa shape index (κ3) is 76.1. The lowest BCUT2D eigenvalue weighted by molar-refractivity contribution is -0.161. The van der Waals surface area contributed by atoms with Gasteiger partial charge in [0.1, 0.15) is 19.3 Å². The first-order chi connectivity index (χ1) is 48.9. The van der Waals surface area contributed by atoms with Gasteiger partial charge in [-0.2, -0.15) is 0 Å². The van der Waals surface area contributed by atoms with Gasteiger partial charge in [0.25, 0.3) is 0 Å². The first-order valence-corrected chi connectivity index (χ1v) is 45.5. The lowest BCUT2D eigenvalue weighted by Crippen LogP contribution is -2.30. The second-order valence-corrected chi connectivity index (χ2v) is 33.4. The zero-order valence-corrected chi connectivity index (χ0v) is 68.0. The Hall–Kier alpha value is -1.94. The number of unbranched alkanes of at least 4 members (excludes halogenated alkanes) is 51. The van der Waals surface area contributed by atoms with E-state index in [0.29, 0.717) is 25.7 Å². The average molecular weight is 1480 g/mol. The van der Waals surface area contributed by atoms with Gasteiger partial charge in [0.15, 0.2) is 12.2 Å². The van der Waals surface area contributed by atoms with E-state index in [1.54, 1.807) is 0 Å². The molecule has 2 unspecified atom stereocenters. The highest BCUT2D eigenvalue weighted by Crippen LogP contribution is 2.45. The molecule has 0 saturated carbocycles. The standard InChI is InChI=1S/C82H160O17P2/c1-7-9-11-13-15-17-18-19-24-32-37-42-48-54-60-66-81(86)98-77(70-92-79(84)64-58-52-46-16-14-12-10-8-2)72-96-100(88,89)94-68-76(83)69-95-101(90,91)97-73-78(71-93-80(85)65-59-53-47-41-36-31-28-27-30-35-40-45-51-57-63-75(5)6)99-82(87)67-61-55-49-43-38-33-26-23-21-20-22-25-29-34-39-44-50-56-62-74(3)4/h74-78,83H,7-73H2,1-6H3,(H,88,89)(H,90,91)/t76-,77+,78+/m0/s1. The number of carbonyl (C=O) groups is 4. The molecule has 0 spiro atoms. The summed E-state index contributed by atoms with van der Waals surface area (Å²) in [4.78, 5) is 73.0. The van der Waals surface area contributed by atoms with Crippen LogP contribution in [-0.4, -0.2) is 96.7 Å². The van der Waals surface area contributed by atoms with Crippen LogP contribution in [-0.2, 0) is 65.4 Å². The molecular weight excluding hydrogens is 1320 g/mol. The molecule has 0 rings (SSSR count). The molecule has 3 N–H and O–H groups in total. The van der Waals surface area contributed by atoms with Crippen molar-refractivity contribution in [3.05, 3.63) is 0 Å². The molecule has 17 nitrogen and oxygen atoms in total. The number of aliphatic hydroxyl groups excluding tert-OH is 1. The molecular formula is C82H160O17P2. The Balaban J connectivity index is 5.19. The molecule has 0 aromatic rings. The number of hydrogen-bond acceptors (Lipinski definition) is 15. The molecule has 5 atom stereocenters. The van der Waals surface area contributed by atoms with Crippen LogP contribution < -0.4 is 0 Å². The molecule has 0 aliphatic carbocycles. The lowest BCUT2D eigenvalue weighted by atomic mass is 10.0. The van der Waals surface area contributed by atoms with Gasteiger partial charge in [-0.1, -0.05) is 382 Å². The van der Waals surface area contributed by atoms with Gasteiger partial charge < -0.3 is 33.8 Å². The van der Waals surface area contributed by atoms with Crippen molar-refractivity contribution in [1.82, 2.24) is 0 Å². The largest absolute Gasteiger partial charge is 0.472 e. The molecule has 101 heavy (non-hydrogen) atoms. The van der Waals surface area contributed by atoms with E-state index in [4.69, 9.17) is 37.0 Å². The molecule has 0 aliphatic rings. The zero-order valence-electron chi connectivity index (χ0n) is 66.2. The molecule has 0 aromatic carbocycles. The van der Waals surface area contributed by atoms with Gasteiger partial charge in [0, 0.05) is 25.7 Å². The van der Waals surface area contributed by atoms with E-state index in [1.165, 1.54) is 244 Å². The van der Waals surface area contributed by atoms with E-state index in [0.717, 1.165) is 108 Å². The normalized spacial score (nSPS) is 13.9. The molecule has 0 bridgehead atoms. The van der Waals surface area contributed by atoms with Gasteiger partial charge in [-0.25, -0.2) is 9.13 Å². The van der Waals surface area contributed by atoms with Crippen LogP contribution in [0.1, 0.15) is 433 Å². The number of carbonyl (C=O) groups excluding carboxylic acids is 4. The summed E-state index contributed by atoms with van der Waals surface area (Å²) < 4.78 is 68.7. The Morgan fingerprint density at radius 3 is 0.673 bits per heavy atom. The summed E-state index contributed by atoms with van der Waals surface area (Å²) in [6.45, 7) is 9.68.